The molecule has 0 N–H and O–H groups in total. The number of nitrogens with zero attached hydrogens (tertiary/aromatic N) is 2. The fourth-order valence-electron chi connectivity index (χ4n) is 4.58. The van der Waals surface area contributed by atoms with E-state index in [9.17, 15) is 9.59 Å². The fraction of sp³-hybridized carbons (Fsp3) is 0.0870. The molecule has 2 heterocycles. The van der Waals surface area contributed by atoms with Crippen molar-refractivity contribution in [2.24, 2.45) is 0 Å². The van der Waals surface area contributed by atoms with E-state index in [1.165, 1.54) is 0 Å². The molecule has 0 saturated carbocycles. The van der Waals surface area contributed by atoms with Crippen LogP contribution in [0.5, 0.6) is 0 Å². The van der Waals surface area contributed by atoms with E-state index in [0.717, 1.165) is 28.2 Å². The van der Waals surface area contributed by atoms with E-state index in [-0.39, 0.29) is 17.3 Å². The van der Waals surface area contributed by atoms with Crippen molar-refractivity contribution in [3.8, 4) is 5.69 Å². The molecule has 1 aromatic heterocycles. The summed E-state index contributed by atoms with van der Waals surface area (Å²) in [6.07, 6.45) is 0.606. The van der Waals surface area contributed by atoms with Crippen LogP contribution in [0, 0.1) is 0 Å². The van der Waals surface area contributed by atoms with Crippen LogP contribution in [0.3, 0.4) is 0 Å². The van der Waals surface area contributed by atoms with Crippen molar-refractivity contribution in [2.75, 3.05) is 0 Å². The lowest BCUT2D eigenvalue weighted by Crippen LogP contribution is -2.33. The molecule has 4 nitrogen and oxygen atoms in total. The molecule has 4 heteroatoms. The summed E-state index contributed by atoms with van der Waals surface area (Å²) in [4.78, 5) is 31.1. The Morgan fingerprint density at radius 2 is 1.63 bits per heavy atom. The van der Waals surface area contributed by atoms with Crippen LogP contribution in [0.2, 0.25) is 0 Å². The van der Waals surface area contributed by atoms with Crippen molar-refractivity contribution in [3.05, 3.63) is 105 Å². The zero-order valence-corrected chi connectivity index (χ0v) is 14.3. The van der Waals surface area contributed by atoms with Crippen molar-refractivity contribution in [1.82, 2.24) is 9.55 Å². The molecule has 0 unspecified atom stereocenters. The Balaban J connectivity index is 1.75. The van der Waals surface area contributed by atoms with Crippen LogP contribution in [0.25, 0.3) is 16.6 Å². The van der Waals surface area contributed by atoms with Crippen LogP contribution in [0.1, 0.15) is 38.8 Å². The molecule has 1 atom stereocenters. The van der Waals surface area contributed by atoms with E-state index >= 15 is 0 Å². The number of rotatable bonds is 0. The molecule has 0 spiro atoms. The van der Waals surface area contributed by atoms with Crippen molar-refractivity contribution in [1.29, 1.82) is 0 Å². The minimum atomic E-state index is -0.0752. The monoisotopic (exact) mass is 350 g/mol. The molecule has 0 radical (unpaired) electrons. The van der Waals surface area contributed by atoms with Crippen molar-refractivity contribution in [2.45, 2.75) is 12.3 Å². The second-order valence-corrected chi connectivity index (χ2v) is 7.10. The zero-order valence-electron chi connectivity index (χ0n) is 14.3. The standard InChI is InChI=1S/C23H14N2O2/c26-22-14-7-2-1-6-13(14)17-12-20-24-18-10-4-3-8-15(18)23(27)25(20)19-11-5-9-16(22)21(17)19/h1-11,17H,12H2/t17-/m1/s1. The van der Waals surface area contributed by atoms with Gasteiger partial charge in [-0.05, 0) is 29.3 Å². The van der Waals surface area contributed by atoms with Gasteiger partial charge in [-0.25, -0.2) is 4.98 Å². The lowest BCUT2D eigenvalue weighted by atomic mass is 9.74. The van der Waals surface area contributed by atoms with Gasteiger partial charge in [-0.3, -0.25) is 14.2 Å². The maximum atomic E-state index is 13.2. The van der Waals surface area contributed by atoms with Gasteiger partial charge in [0.15, 0.2) is 5.78 Å². The molecule has 0 saturated heterocycles. The van der Waals surface area contributed by atoms with E-state index in [0.29, 0.717) is 22.9 Å². The smallest absolute Gasteiger partial charge is 0.265 e. The van der Waals surface area contributed by atoms with Gasteiger partial charge in [0.1, 0.15) is 5.82 Å². The number of benzene rings is 3. The van der Waals surface area contributed by atoms with Gasteiger partial charge in [0.2, 0.25) is 0 Å². The number of hydrogen-bond acceptors (Lipinski definition) is 3. The molecule has 0 amide bonds. The van der Waals surface area contributed by atoms with Gasteiger partial charge >= 0.3 is 0 Å². The van der Waals surface area contributed by atoms with Crippen molar-refractivity contribution in [3.63, 3.8) is 0 Å². The Morgan fingerprint density at radius 1 is 0.852 bits per heavy atom. The van der Waals surface area contributed by atoms with E-state index < -0.39 is 0 Å². The normalized spacial score (nSPS) is 16.6. The third kappa shape index (κ3) is 1.79. The fourth-order valence-corrected chi connectivity index (χ4v) is 4.58. The van der Waals surface area contributed by atoms with Gasteiger partial charge in [-0.1, -0.05) is 48.5 Å². The van der Waals surface area contributed by atoms with Crippen LogP contribution in [0.15, 0.2) is 71.5 Å². The van der Waals surface area contributed by atoms with Crippen LogP contribution in [-0.2, 0) is 6.42 Å². The largest absolute Gasteiger partial charge is 0.289 e. The quantitative estimate of drug-likeness (QED) is 0.487. The predicted molar refractivity (Wildman–Crippen MR) is 103 cm³/mol. The summed E-state index contributed by atoms with van der Waals surface area (Å²) < 4.78 is 1.69. The number of hydrogen-bond donors (Lipinski definition) is 0. The van der Waals surface area contributed by atoms with Gasteiger partial charge in [0, 0.05) is 23.5 Å². The first-order valence-corrected chi connectivity index (χ1v) is 9.01. The summed E-state index contributed by atoms with van der Waals surface area (Å²) in [5.74, 6) is 0.819. The molecular formula is C23H14N2O2. The zero-order chi connectivity index (χ0) is 18.1. The number of ketones is 1. The molecule has 0 fully saturated rings. The van der Waals surface area contributed by atoms with E-state index in [1.807, 2.05) is 60.7 Å². The second-order valence-electron chi connectivity index (χ2n) is 7.10. The first kappa shape index (κ1) is 14.6. The lowest BCUT2D eigenvalue weighted by molar-refractivity contribution is 0.103. The molecule has 128 valence electrons. The summed E-state index contributed by atoms with van der Waals surface area (Å²) >= 11 is 0. The Morgan fingerprint density at radius 3 is 2.56 bits per heavy atom. The average molecular weight is 350 g/mol. The van der Waals surface area contributed by atoms with Gasteiger partial charge in [-0.15, -0.1) is 0 Å². The van der Waals surface area contributed by atoms with Crippen LogP contribution in [-0.4, -0.2) is 15.3 Å². The van der Waals surface area contributed by atoms with Crippen LogP contribution >= 0.6 is 0 Å². The maximum Gasteiger partial charge on any atom is 0.265 e. The molecule has 3 aromatic carbocycles. The second kappa shape index (κ2) is 5.01. The molecular weight excluding hydrogens is 336 g/mol. The molecule has 6 rings (SSSR count). The van der Waals surface area contributed by atoms with Gasteiger partial charge in [0.05, 0.1) is 16.6 Å². The maximum absolute atomic E-state index is 13.2. The van der Waals surface area contributed by atoms with E-state index in [1.54, 1.807) is 10.6 Å². The number of aromatic nitrogens is 2. The van der Waals surface area contributed by atoms with Gasteiger partial charge in [0.25, 0.3) is 5.56 Å². The predicted octanol–water partition coefficient (Wildman–Crippen LogP) is 3.62. The highest BCUT2D eigenvalue weighted by Gasteiger charge is 2.37. The summed E-state index contributed by atoms with van der Waals surface area (Å²) in [6, 6.07) is 20.9. The van der Waals surface area contributed by atoms with E-state index in [4.69, 9.17) is 4.98 Å². The molecule has 2 aliphatic rings. The molecule has 0 bridgehead atoms. The Labute approximate surface area is 154 Å². The van der Waals surface area contributed by atoms with Gasteiger partial charge in [-0.2, -0.15) is 0 Å². The highest BCUT2D eigenvalue weighted by atomic mass is 16.1. The molecule has 4 aromatic rings. The third-order valence-electron chi connectivity index (χ3n) is 5.73. The third-order valence-corrected chi connectivity index (χ3v) is 5.73. The molecule has 1 aliphatic heterocycles. The Hall–Kier alpha value is -3.53. The van der Waals surface area contributed by atoms with Crippen LogP contribution < -0.4 is 5.56 Å². The number of fused-ring (bicyclic) bond motifs is 5. The minimum Gasteiger partial charge on any atom is -0.289 e. The summed E-state index contributed by atoms with van der Waals surface area (Å²) in [5, 5.41) is 0.597. The Bertz CT molecular complexity index is 1350. The topological polar surface area (TPSA) is 52.0 Å². The van der Waals surface area contributed by atoms with Crippen molar-refractivity contribution < 1.29 is 4.79 Å². The average Bonchev–Trinajstić information content (AvgIpc) is 2.71. The highest BCUT2D eigenvalue weighted by Crippen LogP contribution is 2.43. The first-order chi connectivity index (χ1) is 13.2. The highest BCUT2D eigenvalue weighted by molar-refractivity contribution is 6.13. The SMILES string of the molecule is O=C1c2ccccc2[C@H]2Cc3nc4ccccc4c(=O)n3-c3cccc1c32. The summed E-state index contributed by atoms with van der Waals surface area (Å²) in [5.41, 5.74) is 4.85. The summed E-state index contributed by atoms with van der Waals surface area (Å²) in [7, 11) is 0. The van der Waals surface area contributed by atoms with Crippen molar-refractivity contribution >= 4 is 16.7 Å². The van der Waals surface area contributed by atoms with Crippen LogP contribution in [0.4, 0.5) is 0 Å². The first-order valence-electron chi connectivity index (χ1n) is 9.01. The van der Waals surface area contributed by atoms with E-state index in [2.05, 4.69) is 0 Å². The molecule has 1 aliphatic carbocycles. The van der Waals surface area contributed by atoms with Gasteiger partial charge < -0.3 is 0 Å². The minimum absolute atomic E-state index is 0.0314. The molecule has 27 heavy (non-hydrogen) atoms. The number of carbonyl (C=O) groups excluding carboxylic acids is 1. The lowest BCUT2D eigenvalue weighted by Gasteiger charge is -2.34. The summed E-state index contributed by atoms with van der Waals surface area (Å²) in [6.45, 7) is 0. The number of para-hydroxylation sites is 1. The number of carbonyl (C=O) groups is 1. The Kier molecular flexibility index (Phi) is 2.71.